The molecule has 1 rings (SSSR count). The Morgan fingerprint density at radius 3 is 2.83 bits per heavy atom. The molecule has 0 saturated carbocycles. The molecule has 0 spiro atoms. The van der Waals surface area contributed by atoms with E-state index < -0.39 is 0 Å². The van der Waals surface area contributed by atoms with E-state index in [0.717, 1.165) is 27.1 Å². The van der Waals surface area contributed by atoms with Crippen molar-refractivity contribution < 1.29 is 4.79 Å². The molecule has 0 unspecified atom stereocenters. The molecule has 0 radical (unpaired) electrons. The van der Waals surface area contributed by atoms with Crippen LogP contribution >= 0.6 is 23.1 Å². The number of nitrogens with two attached hydrogens (primary N) is 2. The van der Waals surface area contributed by atoms with Gasteiger partial charge >= 0.3 is 0 Å². The van der Waals surface area contributed by atoms with Crippen molar-refractivity contribution >= 4 is 28.3 Å². The van der Waals surface area contributed by atoms with E-state index in [2.05, 4.69) is 0 Å². The average Bonchev–Trinajstić information content (AvgIpc) is 2.32. The minimum atomic E-state index is -0.375. The second-order valence-electron chi connectivity index (χ2n) is 2.27. The van der Waals surface area contributed by atoms with Crippen LogP contribution in [0.15, 0.2) is 10.3 Å². The van der Waals surface area contributed by atoms with Gasteiger partial charge in [0.2, 0.25) is 0 Å². The summed E-state index contributed by atoms with van der Waals surface area (Å²) in [5, 5.41) is 1.53. The van der Waals surface area contributed by atoms with Crippen molar-refractivity contribution in [2.75, 3.05) is 0 Å². The number of carbonyl (C=O) groups is 1. The number of rotatable bonds is 2. The summed E-state index contributed by atoms with van der Waals surface area (Å²) in [7, 11) is 0. The Kier molecular flexibility index (Phi) is 3.13. The summed E-state index contributed by atoms with van der Waals surface area (Å²) in [6.07, 6.45) is 0. The number of hydrogen-bond donors (Lipinski definition) is 2. The minimum absolute atomic E-state index is 0.375. The Balaban J connectivity index is 2.87. The van der Waals surface area contributed by atoms with Gasteiger partial charge in [-0.15, -0.1) is 11.3 Å². The third-order valence-corrected chi connectivity index (χ3v) is 3.60. The Morgan fingerprint density at radius 2 is 2.42 bits per heavy atom. The van der Waals surface area contributed by atoms with E-state index in [1.54, 1.807) is 11.3 Å². The van der Waals surface area contributed by atoms with Gasteiger partial charge in [-0.2, -0.15) is 0 Å². The Hall–Kier alpha value is -0.520. The van der Waals surface area contributed by atoms with Gasteiger partial charge < -0.3 is 11.5 Å². The standard InChI is InChI=1S/C7H10N2OS2/c1-4-5(2-8)11-3-6(4)12-7(9)10/h3H,2,8H2,1H3,(H2,9,10). The number of hydrogen-bond acceptors (Lipinski definition) is 4. The van der Waals surface area contributed by atoms with Crippen LogP contribution in [0, 0.1) is 6.92 Å². The molecule has 5 heteroatoms. The third kappa shape index (κ3) is 2.00. The van der Waals surface area contributed by atoms with E-state index in [4.69, 9.17) is 11.5 Å². The van der Waals surface area contributed by atoms with Crippen molar-refractivity contribution in [3.63, 3.8) is 0 Å². The van der Waals surface area contributed by atoms with Crippen molar-refractivity contribution in [2.24, 2.45) is 11.5 Å². The summed E-state index contributed by atoms with van der Waals surface area (Å²) in [6.45, 7) is 2.47. The van der Waals surface area contributed by atoms with Crippen LogP contribution in [0.2, 0.25) is 0 Å². The normalized spacial score (nSPS) is 10.2. The highest BCUT2D eigenvalue weighted by atomic mass is 32.2. The lowest BCUT2D eigenvalue weighted by atomic mass is 10.3. The second kappa shape index (κ2) is 3.93. The number of thiophene rings is 1. The fraction of sp³-hybridized carbons (Fsp3) is 0.286. The van der Waals surface area contributed by atoms with Crippen molar-refractivity contribution in [1.29, 1.82) is 0 Å². The number of amides is 1. The first-order valence-corrected chi connectivity index (χ1v) is 5.09. The molecule has 0 aliphatic carbocycles. The van der Waals surface area contributed by atoms with E-state index in [1.807, 2.05) is 12.3 Å². The lowest BCUT2D eigenvalue weighted by molar-refractivity contribution is 0.267. The number of thioether (sulfide) groups is 1. The van der Waals surface area contributed by atoms with Crippen molar-refractivity contribution in [2.45, 2.75) is 18.4 Å². The van der Waals surface area contributed by atoms with Crippen LogP contribution in [0.1, 0.15) is 10.4 Å². The molecule has 1 aromatic heterocycles. The molecule has 66 valence electrons. The summed E-state index contributed by atoms with van der Waals surface area (Å²) in [5.74, 6) is 0. The van der Waals surface area contributed by atoms with E-state index >= 15 is 0 Å². The molecule has 1 aromatic rings. The van der Waals surface area contributed by atoms with Gasteiger partial charge in [-0.3, -0.25) is 4.79 Å². The summed E-state index contributed by atoms with van der Waals surface area (Å²) >= 11 is 2.62. The van der Waals surface area contributed by atoms with Crippen LogP contribution in [0.5, 0.6) is 0 Å². The molecule has 0 bridgehead atoms. The molecular formula is C7H10N2OS2. The number of carbonyl (C=O) groups excluding carboxylic acids is 1. The molecule has 0 aromatic carbocycles. The maximum absolute atomic E-state index is 10.6. The summed E-state index contributed by atoms with van der Waals surface area (Å²) in [6, 6.07) is 0. The van der Waals surface area contributed by atoms with Gasteiger partial charge in [-0.1, -0.05) is 0 Å². The summed E-state index contributed by atoms with van der Waals surface area (Å²) < 4.78 is 0. The molecular weight excluding hydrogens is 192 g/mol. The molecule has 12 heavy (non-hydrogen) atoms. The van der Waals surface area contributed by atoms with E-state index in [1.165, 1.54) is 0 Å². The summed E-state index contributed by atoms with van der Waals surface area (Å²) in [4.78, 5) is 12.6. The first-order valence-electron chi connectivity index (χ1n) is 3.39. The monoisotopic (exact) mass is 202 g/mol. The molecule has 3 nitrogen and oxygen atoms in total. The van der Waals surface area contributed by atoms with Gasteiger partial charge in [0.05, 0.1) is 0 Å². The van der Waals surface area contributed by atoms with E-state index in [-0.39, 0.29) is 5.24 Å². The van der Waals surface area contributed by atoms with Gasteiger partial charge in [0.15, 0.2) is 0 Å². The van der Waals surface area contributed by atoms with Gasteiger partial charge in [0.25, 0.3) is 5.24 Å². The predicted molar refractivity (Wildman–Crippen MR) is 52.4 cm³/mol. The van der Waals surface area contributed by atoms with Gasteiger partial charge in [-0.25, -0.2) is 0 Å². The lowest BCUT2D eigenvalue weighted by Gasteiger charge is -1.96. The van der Waals surface area contributed by atoms with Crippen LogP contribution < -0.4 is 11.5 Å². The van der Waals surface area contributed by atoms with Crippen LogP contribution in [-0.4, -0.2) is 5.24 Å². The van der Waals surface area contributed by atoms with Crippen LogP contribution in [0.3, 0.4) is 0 Å². The molecule has 0 saturated heterocycles. The van der Waals surface area contributed by atoms with Gasteiger partial charge in [-0.05, 0) is 24.2 Å². The summed E-state index contributed by atoms with van der Waals surface area (Å²) in [5.41, 5.74) is 11.6. The molecule has 0 aliphatic rings. The smallest absolute Gasteiger partial charge is 0.281 e. The predicted octanol–water partition coefficient (Wildman–Crippen LogP) is 1.69. The van der Waals surface area contributed by atoms with Crippen molar-refractivity contribution in [3.8, 4) is 0 Å². The molecule has 0 aliphatic heterocycles. The van der Waals surface area contributed by atoms with E-state index in [9.17, 15) is 4.79 Å². The fourth-order valence-electron chi connectivity index (χ4n) is 0.849. The zero-order valence-electron chi connectivity index (χ0n) is 6.66. The van der Waals surface area contributed by atoms with Crippen LogP contribution in [0.25, 0.3) is 0 Å². The highest BCUT2D eigenvalue weighted by molar-refractivity contribution is 8.13. The fourth-order valence-corrected chi connectivity index (χ4v) is 2.55. The first-order chi connectivity index (χ1) is 5.65. The largest absolute Gasteiger partial charge is 0.360 e. The highest BCUT2D eigenvalue weighted by Crippen LogP contribution is 2.29. The Labute approximate surface area is 79.1 Å². The Morgan fingerprint density at radius 1 is 1.75 bits per heavy atom. The molecule has 0 fully saturated rings. The number of primary amides is 1. The third-order valence-electron chi connectivity index (χ3n) is 1.49. The van der Waals surface area contributed by atoms with Crippen molar-refractivity contribution in [3.05, 3.63) is 15.8 Å². The topological polar surface area (TPSA) is 69.1 Å². The lowest BCUT2D eigenvalue weighted by Crippen LogP contribution is -2.01. The zero-order chi connectivity index (χ0) is 9.14. The first kappa shape index (κ1) is 9.57. The molecule has 0 atom stereocenters. The van der Waals surface area contributed by atoms with Crippen LogP contribution in [0.4, 0.5) is 4.79 Å². The second-order valence-corrected chi connectivity index (χ2v) is 4.28. The average molecular weight is 202 g/mol. The quantitative estimate of drug-likeness (QED) is 0.717. The Bertz CT molecular complexity index is 296. The zero-order valence-corrected chi connectivity index (χ0v) is 8.30. The molecule has 1 heterocycles. The van der Waals surface area contributed by atoms with Gasteiger partial charge in [0.1, 0.15) is 0 Å². The van der Waals surface area contributed by atoms with Crippen LogP contribution in [-0.2, 0) is 6.54 Å². The minimum Gasteiger partial charge on any atom is -0.360 e. The van der Waals surface area contributed by atoms with Gasteiger partial charge in [0, 0.05) is 21.7 Å². The van der Waals surface area contributed by atoms with Crippen molar-refractivity contribution in [1.82, 2.24) is 0 Å². The maximum Gasteiger partial charge on any atom is 0.281 e. The molecule has 1 amide bonds. The SMILES string of the molecule is Cc1c(SC(N)=O)csc1CN. The molecule has 4 N–H and O–H groups in total. The van der Waals surface area contributed by atoms with E-state index in [0.29, 0.717) is 6.54 Å². The highest BCUT2D eigenvalue weighted by Gasteiger charge is 2.08. The maximum atomic E-state index is 10.6.